The zero-order valence-corrected chi connectivity index (χ0v) is 10.8. The van der Waals surface area contributed by atoms with Gasteiger partial charge in [0.2, 0.25) is 0 Å². The van der Waals surface area contributed by atoms with Gasteiger partial charge in [-0.15, -0.1) is 0 Å². The molecule has 0 saturated carbocycles. The SMILES string of the molecule is CCC(C)N(CC(=O)O)C(=O)c1c(O)cccc1F. The summed E-state index contributed by atoms with van der Waals surface area (Å²) in [4.78, 5) is 24.0. The molecule has 19 heavy (non-hydrogen) atoms. The summed E-state index contributed by atoms with van der Waals surface area (Å²) in [5.74, 6) is -3.38. The second-order valence-corrected chi connectivity index (χ2v) is 4.22. The normalized spacial score (nSPS) is 11.9. The number of rotatable bonds is 5. The van der Waals surface area contributed by atoms with Gasteiger partial charge in [0, 0.05) is 6.04 Å². The number of halogens is 1. The highest BCUT2D eigenvalue weighted by Crippen LogP contribution is 2.23. The summed E-state index contributed by atoms with van der Waals surface area (Å²) in [7, 11) is 0. The van der Waals surface area contributed by atoms with E-state index in [4.69, 9.17) is 5.11 Å². The van der Waals surface area contributed by atoms with Gasteiger partial charge in [0.05, 0.1) is 0 Å². The number of carboxylic acids is 1. The van der Waals surface area contributed by atoms with Crippen LogP contribution < -0.4 is 0 Å². The van der Waals surface area contributed by atoms with Gasteiger partial charge in [-0.1, -0.05) is 13.0 Å². The Morgan fingerprint density at radius 3 is 2.53 bits per heavy atom. The number of aromatic hydroxyl groups is 1. The first-order valence-corrected chi connectivity index (χ1v) is 5.88. The van der Waals surface area contributed by atoms with Crippen LogP contribution in [0, 0.1) is 5.82 Å². The van der Waals surface area contributed by atoms with Crippen molar-refractivity contribution in [2.75, 3.05) is 6.54 Å². The number of aliphatic carboxylic acids is 1. The fourth-order valence-corrected chi connectivity index (χ4v) is 1.66. The molecular formula is C13H16FNO4. The molecule has 0 bridgehead atoms. The number of benzene rings is 1. The lowest BCUT2D eigenvalue weighted by Gasteiger charge is -2.27. The van der Waals surface area contributed by atoms with Crippen molar-refractivity contribution in [1.29, 1.82) is 0 Å². The Labute approximate surface area is 110 Å². The van der Waals surface area contributed by atoms with Gasteiger partial charge in [0.1, 0.15) is 23.7 Å². The van der Waals surface area contributed by atoms with Crippen LogP contribution in [0.15, 0.2) is 18.2 Å². The van der Waals surface area contributed by atoms with Gasteiger partial charge < -0.3 is 15.1 Å². The van der Waals surface area contributed by atoms with E-state index < -0.39 is 35.6 Å². The first-order chi connectivity index (χ1) is 8.88. The molecule has 1 aromatic rings. The number of carboxylic acid groups (broad SMARTS) is 1. The van der Waals surface area contributed by atoms with Crippen molar-refractivity contribution < 1.29 is 24.2 Å². The van der Waals surface area contributed by atoms with Crippen LogP contribution in [0.5, 0.6) is 5.75 Å². The molecule has 0 saturated heterocycles. The van der Waals surface area contributed by atoms with Gasteiger partial charge in [-0.25, -0.2) is 4.39 Å². The van der Waals surface area contributed by atoms with Crippen molar-refractivity contribution in [2.24, 2.45) is 0 Å². The van der Waals surface area contributed by atoms with Crippen LogP contribution in [0.1, 0.15) is 30.6 Å². The number of amides is 1. The lowest BCUT2D eigenvalue weighted by atomic mass is 10.1. The highest BCUT2D eigenvalue weighted by Gasteiger charge is 2.27. The molecule has 6 heteroatoms. The predicted molar refractivity (Wildman–Crippen MR) is 66.5 cm³/mol. The van der Waals surface area contributed by atoms with Gasteiger partial charge in [0.15, 0.2) is 0 Å². The molecule has 0 spiro atoms. The predicted octanol–water partition coefficient (Wildman–Crippen LogP) is 1.86. The largest absolute Gasteiger partial charge is 0.507 e. The fourth-order valence-electron chi connectivity index (χ4n) is 1.66. The summed E-state index contributed by atoms with van der Waals surface area (Å²) in [5, 5.41) is 18.4. The molecule has 5 nitrogen and oxygen atoms in total. The van der Waals surface area contributed by atoms with Gasteiger partial charge in [-0.3, -0.25) is 9.59 Å². The fraction of sp³-hybridized carbons (Fsp3) is 0.385. The van der Waals surface area contributed by atoms with Crippen molar-refractivity contribution in [2.45, 2.75) is 26.3 Å². The standard InChI is InChI=1S/C13H16FNO4/c1-3-8(2)15(7-11(17)18)13(19)12-9(14)5-4-6-10(12)16/h4-6,8,16H,3,7H2,1-2H3,(H,17,18). The molecule has 1 atom stereocenters. The van der Waals surface area contributed by atoms with Crippen molar-refractivity contribution >= 4 is 11.9 Å². The van der Waals surface area contributed by atoms with E-state index in [-0.39, 0.29) is 6.04 Å². The highest BCUT2D eigenvalue weighted by atomic mass is 19.1. The molecular weight excluding hydrogens is 253 g/mol. The molecule has 1 aromatic carbocycles. The van der Waals surface area contributed by atoms with Crippen molar-refractivity contribution in [3.05, 3.63) is 29.6 Å². The first kappa shape index (κ1) is 14.9. The number of carbonyl (C=O) groups excluding carboxylic acids is 1. The molecule has 1 amide bonds. The molecule has 0 heterocycles. The number of phenols is 1. The van der Waals surface area contributed by atoms with E-state index in [2.05, 4.69) is 0 Å². The molecule has 104 valence electrons. The highest BCUT2D eigenvalue weighted by molar-refractivity contribution is 5.98. The minimum Gasteiger partial charge on any atom is -0.507 e. The second-order valence-electron chi connectivity index (χ2n) is 4.22. The van der Waals surface area contributed by atoms with Gasteiger partial charge >= 0.3 is 5.97 Å². The van der Waals surface area contributed by atoms with Crippen LogP contribution >= 0.6 is 0 Å². The third kappa shape index (κ3) is 3.43. The topological polar surface area (TPSA) is 77.8 Å². The Hall–Kier alpha value is -2.11. The number of hydrogen-bond donors (Lipinski definition) is 2. The monoisotopic (exact) mass is 269 g/mol. The average molecular weight is 269 g/mol. The zero-order chi connectivity index (χ0) is 14.6. The summed E-state index contributed by atoms with van der Waals surface area (Å²) in [6, 6.07) is 3.13. The van der Waals surface area contributed by atoms with Crippen LogP contribution in [0.2, 0.25) is 0 Å². The van der Waals surface area contributed by atoms with Crippen molar-refractivity contribution in [1.82, 2.24) is 4.90 Å². The van der Waals surface area contributed by atoms with Crippen LogP contribution in [0.25, 0.3) is 0 Å². The summed E-state index contributed by atoms with van der Waals surface area (Å²) in [6.07, 6.45) is 0.522. The first-order valence-electron chi connectivity index (χ1n) is 5.88. The summed E-state index contributed by atoms with van der Waals surface area (Å²) < 4.78 is 13.6. The minimum absolute atomic E-state index is 0.373. The number of nitrogens with zero attached hydrogens (tertiary/aromatic N) is 1. The second kappa shape index (κ2) is 6.17. The lowest BCUT2D eigenvalue weighted by molar-refractivity contribution is -0.138. The summed E-state index contributed by atoms with van der Waals surface area (Å²) >= 11 is 0. The quantitative estimate of drug-likeness (QED) is 0.855. The molecule has 1 unspecified atom stereocenters. The van der Waals surface area contributed by atoms with Crippen molar-refractivity contribution in [3.8, 4) is 5.75 Å². The molecule has 1 rings (SSSR count). The zero-order valence-electron chi connectivity index (χ0n) is 10.8. The van der Waals surface area contributed by atoms with E-state index in [1.54, 1.807) is 13.8 Å². The minimum atomic E-state index is -1.19. The molecule has 0 radical (unpaired) electrons. The van der Waals surface area contributed by atoms with Gasteiger partial charge in [-0.2, -0.15) is 0 Å². The van der Waals surface area contributed by atoms with Crippen LogP contribution in [-0.4, -0.2) is 39.6 Å². The number of hydrogen-bond acceptors (Lipinski definition) is 3. The Morgan fingerprint density at radius 1 is 1.42 bits per heavy atom. The summed E-state index contributed by atoms with van der Waals surface area (Å²) in [5.41, 5.74) is -0.496. The van der Waals surface area contributed by atoms with Gasteiger partial charge in [-0.05, 0) is 25.5 Å². The molecule has 0 fully saturated rings. The molecule has 0 aliphatic rings. The van der Waals surface area contributed by atoms with Gasteiger partial charge in [0.25, 0.3) is 5.91 Å². The number of carbonyl (C=O) groups is 2. The smallest absolute Gasteiger partial charge is 0.323 e. The van der Waals surface area contributed by atoms with E-state index >= 15 is 0 Å². The van der Waals surface area contributed by atoms with E-state index in [0.717, 1.165) is 11.0 Å². The van der Waals surface area contributed by atoms with Crippen molar-refractivity contribution in [3.63, 3.8) is 0 Å². The maximum absolute atomic E-state index is 13.6. The molecule has 0 aromatic heterocycles. The third-order valence-electron chi connectivity index (χ3n) is 2.89. The Bertz CT molecular complexity index is 469. The molecule has 0 aliphatic heterocycles. The third-order valence-corrected chi connectivity index (χ3v) is 2.89. The van der Waals surface area contributed by atoms with E-state index in [1.165, 1.54) is 12.1 Å². The van der Waals surface area contributed by atoms with Crippen LogP contribution in [0.4, 0.5) is 4.39 Å². The van der Waals surface area contributed by atoms with Crippen LogP contribution in [0.3, 0.4) is 0 Å². The maximum Gasteiger partial charge on any atom is 0.323 e. The Morgan fingerprint density at radius 2 is 2.05 bits per heavy atom. The number of phenolic OH excluding ortho intramolecular Hbond substituents is 1. The lowest BCUT2D eigenvalue weighted by Crippen LogP contribution is -2.42. The van der Waals surface area contributed by atoms with E-state index in [1.807, 2.05) is 0 Å². The molecule has 0 aliphatic carbocycles. The average Bonchev–Trinajstić information content (AvgIpc) is 2.34. The van der Waals surface area contributed by atoms with Crippen LogP contribution in [-0.2, 0) is 4.79 Å². The maximum atomic E-state index is 13.6. The van der Waals surface area contributed by atoms with E-state index in [9.17, 15) is 19.1 Å². The Balaban J connectivity index is 3.15. The summed E-state index contributed by atoms with van der Waals surface area (Å²) in [6.45, 7) is 2.91. The Kier molecular flexibility index (Phi) is 4.86. The molecule has 2 N–H and O–H groups in total. The van der Waals surface area contributed by atoms with E-state index in [0.29, 0.717) is 6.42 Å².